The summed E-state index contributed by atoms with van der Waals surface area (Å²) in [5.74, 6) is 1.06. The van der Waals surface area contributed by atoms with Gasteiger partial charge in [0, 0.05) is 44.3 Å². The molecule has 8 nitrogen and oxygen atoms in total. The van der Waals surface area contributed by atoms with Crippen molar-refractivity contribution in [3.63, 3.8) is 0 Å². The summed E-state index contributed by atoms with van der Waals surface area (Å²) in [5, 5.41) is 31.6. The molecule has 160 valence electrons. The van der Waals surface area contributed by atoms with Gasteiger partial charge in [0.25, 0.3) is 0 Å². The Balaban J connectivity index is 1.30. The van der Waals surface area contributed by atoms with E-state index in [1.807, 2.05) is 18.2 Å². The number of para-hydroxylation sites is 1. The van der Waals surface area contributed by atoms with Gasteiger partial charge in [-0.25, -0.2) is 0 Å². The highest BCUT2D eigenvalue weighted by Crippen LogP contribution is 2.36. The number of aromatic hydroxyl groups is 1. The Bertz CT molecular complexity index is 886. The van der Waals surface area contributed by atoms with E-state index < -0.39 is 0 Å². The molecule has 4 heterocycles. The first-order chi connectivity index (χ1) is 14.7. The summed E-state index contributed by atoms with van der Waals surface area (Å²) in [7, 11) is 0. The van der Waals surface area contributed by atoms with Crippen LogP contribution in [0.15, 0.2) is 30.3 Å². The summed E-state index contributed by atoms with van der Waals surface area (Å²) in [6.07, 6.45) is 2.36. The number of β-amino-alcohol motifs (C(OH)–C–C–N with tert-alkyl or cyclic N) is 1. The van der Waals surface area contributed by atoms with Crippen LogP contribution in [0.5, 0.6) is 5.75 Å². The largest absolute Gasteiger partial charge is 0.507 e. The summed E-state index contributed by atoms with van der Waals surface area (Å²) in [4.78, 5) is 7.48. The molecule has 3 aliphatic heterocycles. The monoisotopic (exact) mass is 410 g/mol. The molecular weight excluding hydrogens is 380 g/mol. The van der Waals surface area contributed by atoms with Crippen LogP contribution in [0.25, 0.3) is 11.3 Å². The SMILES string of the molecule is OCCN1CCC(N2CCN3c4cc(-c5ccccc5O)nnc4NC[C@H]3C2)CC1. The van der Waals surface area contributed by atoms with Crippen molar-refractivity contribution in [2.24, 2.45) is 0 Å². The quantitative estimate of drug-likeness (QED) is 0.694. The third-order valence-electron chi connectivity index (χ3n) is 6.77. The second kappa shape index (κ2) is 8.37. The van der Waals surface area contributed by atoms with Crippen LogP contribution in [0.1, 0.15) is 12.8 Å². The van der Waals surface area contributed by atoms with Gasteiger partial charge in [-0.15, -0.1) is 10.2 Å². The number of aliphatic hydroxyl groups is 1. The molecule has 1 aromatic carbocycles. The van der Waals surface area contributed by atoms with Crippen LogP contribution in [-0.4, -0.2) is 94.7 Å². The molecule has 8 heteroatoms. The van der Waals surface area contributed by atoms with Gasteiger partial charge < -0.3 is 25.3 Å². The van der Waals surface area contributed by atoms with E-state index in [2.05, 4.69) is 36.3 Å². The maximum absolute atomic E-state index is 10.2. The fourth-order valence-corrected chi connectivity index (χ4v) is 5.12. The predicted octanol–water partition coefficient (Wildman–Crippen LogP) is 1.22. The van der Waals surface area contributed by atoms with Crippen LogP contribution in [-0.2, 0) is 0 Å². The molecule has 0 aliphatic carbocycles. The number of nitrogens with one attached hydrogen (secondary N) is 1. The maximum Gasteiger partial charge on any atom is 0.172 e. The van der Waals surface area contributed by atoms with Gasteiger partial charge in [-0.1, -0.05) is 12.1 Å². The smallest absolute Gasteiger partial charge is 0.172 e. The van der Waals surface area contributed by atoms with E-state index in [9.17, 15) is 5.11 Å². The van der Waals surface area contributed by atoms with Gasteiger partial charge in [0.1, 0.15) is 5.75 Å². The lowest BCUT2D eigenvalue weighted by molar-refractivity contribution is 0.0836. The van der Waals surface area contributed by atoms with Gasteiger partial charge in [-0.05, 0) is 44.1 Å². The number of likely N-dealkylation sites (tertiary alicyclic amines) is 1. The van der Waals surface area contributed by atoms with Crippen LogP contribution in [0.4, 0.5) is 11.5 Å². The first kappa shape index (κ1) is 19.5. The maximum atomic E-state index is 10.2. The number of phenolic OH excluding ortho intramolecular Hbond substituents is 1. The van der Waals surface area contributed by atoms with Gasteiger partial charge in [0.15, 0.2) is 5.82 Å². The molecule has 3 N–H and O–H groups in total. The van der Waals surface area contributed by atoms with E-state index in [0.29, 0.717) is 23.3 Å². The highest BCUT2D eigenvalue weighted by atomic mass is 16.3. The first-order valence-electron chi connectivity index (χ1n) is 11.0. The molecule has 0 amide bonds. The van der Waals surface area contributed by atoms with Crippen molar-refractivity contribution in [2.75, 3.05) is 62.6 Å². The molecule has 1 aromatic heterocycles. The third-order valence-corrected chi connectivity index (χ3v) is 6.77. The Morgan fingerprint density at radius 2 is 1.87 bits per heavy atom. The number of fused-ring (bicyclic) bond motifs is 3. The van der Waals surface area contributed by atoms with Crippen LogP contribution in [0, 0.1) is 0 Å². The number of aliphatic hydroxyl groups excluding tert-OH is 1. The van der Waals surface area contributed by atoms with Gasteiger partial charge >= 0.3 is 0 Å². The highest BCUT2D eigenvalue weighted by molar-refractivity contribution is 5.76. The van der Waals surface area contributed by atoms with E-state index >= 15 is 0 Å². The number of phenols is 1. The van der Waals surface area contributed by atoms with Crippen molar-refractivity contribution >= 4 is 11.5 Å². The summed E-state index contributed by atoms with van der Waals surface area (Å²) in [6.45, 7) is 7.15. The molecule has 2 saturated heterocycles. The van der Waals surface area contributed by atoms with Crippen LogP contribution >= 0.6 is 0 Å². The van der Waals surface area contributed by atoms with Gasteiger partial charge in [-0.2, -0.15) is 0 Å². The lowest BCUT2D eigenvalue weighted by Gasteiger charge is -2.49. The highest BCUT2D eigenvalue weighted by Gasteiger charge is 2.36. The second-order valence-electron chi connectivity index (χ2n) is 8.50. The lowest BCUT2D eigenvalue weighted by atomic mass is 9.99. The van der Waals surface area contributed by atoms with Gasteiger partial charge in [0.2, 0.25) is 0 Å². The Morgan fingerprint density at radius 3 is 2.67 bits per heavy atom. The average Bonchev–Trinajstić information content (AvgIpc) is 2.79. The molecule has 5 rings (SSSR count). The van der Waals surface area contributed by atoms with Crippen molar-refractivity contribution in [1.82, 2.24) is 20.0 Å². The minimum absolute atomic E-state index is 0.226. The molecular formula is C22H30N6O2. The standard InChI is InChI=1S/C22H30N6O2/c29-12-11-26-7-5-16(6-8-26)27-9-10-28-17(15-27)14-23-22-20(28)13-19(24-25-22)18-3-1-2-4-21(18)30/h1-4,13,16-17,29-30H,5-12,14-15H2,(H,23,25)/t17-/m0/s1. The zero-order valence-corrected chi connectivity index (χ0v) is 17.2. The van der Waals surface area contributed by atoms with Crippen molar-refractivity contribution in [1.29, 1.82) is 0 Å². The zero-order chi connectivity index (χ0) is 20.5. The van der Waals surface area contributed by atoms with E-state index in [0.717, 1.165) is 57.3 Å². The molecule has 0 radical (unpaired) electrons. The molecule has 0 saturated carbocycles. The summed E-state index contributed by atoms with van der Waals surface area (Å²) < 4.78 is 0. The molecule has 2 fully saturated rings. The van der Waals surface area contributed by atoms with Gasteiger partial charge in [0.05, 0.1) is 24.0 Å². The minimum atomic E-state index is 0.226. The summed E-state index contributed by atoms with van der Waals surface area (Å²) in [5.41, 5.74) is 2.49. The molecule has 0 unspecified atom stereocenters. The molecule has 30 heavy (non-hydrogen) atoms. The van der Waals surface area contributed by atoms with E-state index in [1.165, 1.54) is 12.8 Å². The van der Waals surface area contributed by atoms with E-state index in [1.54, 1.807) is 6.07 Å². The van der Waals surface area contributed by atoms with Crippen molar-refractivity contribution < 1.29 is 10.2 Å². The van der Waals surface area contributed by atoms with Crippen LogP contribution in [0.2, 0.25) is 0 Å². The Morgan fingerprint density at radius 1 is 1.03 bits per heavy atom. The molecule has 0 spiro atoms. The number of nitrogens with zero attached hydrogens (tertiary/aromatic N) is 5. The number of hydrogen-bond acceptors (Lipinski definition) is 8. The fraction of sp³-hybridized carbons (Fsp3) is 0.545. The molecule has 3 aliphatic rings. The number of benzene rings is 1. The number of hydrogen-bond donors (Lipinski definition) is 3. The van der Waals surface area contributed by atoms with Crippen molar-refractivity contribution in [3.05, 3.63) is 30.3 Å². The first-order valence-corrected chi connectivity index (χ1v) is 11.0. The summed E-state index contributed by atoms with van der Waals surface area (Å²) >= 11 is 0. The van der Waals surface area contributed by atoms with E-state index in [-0.39, 0.29) is 12.4 Å². The molecule has 1 atom stereocenters. The Hall–Kier alpha value is -2.42. The van der Waals surface area contributed by atoms with Crippen LogP contribution in [0.3, 0.4) is 0 Å². The number of rotatable bonds is 4. The topological polar surface area (TPSA) is 88.0 Å². The van der Waals surface area contributed by atoms with E-state index in [4.69, 9.17) is 5.11 Å². The summed E-state index contributed by atoms with van der Waals surface area (Å²) in [6, 6.07) is 10.4. The molecule has 2 aromatic rings. The Labute approximate surface area is 177 Å². The van der Waals surface area contributed by atoms with Crippen LogP contribution < -0.4 is 10.2 Å². The normalized spacial score (nSPS) is 23.0. The fourth-order valence-electron chi connectivity index (χ4n) is 5.12. The second-order valence-corrected chi connectivity index (χ2v) is 8.50. The number of aromatic nitrogens is 2. The van der Waals surface area contributed by atoms with Gasteiger partial charge in [-0.3, -0.25) is 4.90 Å². The number of piperazine rings is 1. The average molecular weight is 411 g/mol. The number of anilines is 2. The zero-order valence-electron chi connectivity index (χ0n) is 17.2. The third kappa shape index (κ3) is 3.71. The minimum Gasteiger partial charge on any atom is -0.507 e. The Kier molecular flexibility index (Phi) is 5.45. The lowest BCUT2D eigenvalue weighted by Crippen LogP contribution is -2.61. The molecule has 0 bridgehead atoms. The number of piperidine rings is 1. The predicted molar refractivity (Wildman–Crippen MR) is 117 cm³/mol. The van der Waals surface area contributed by atoms with Crippen molar-refractivity contribution in [3.8, 4) is 17.0 Å². The van der Waals surface area contributed by atoms with Crippen molar-refractivity contribution in [2.45, 2.75) is 24.9 Å².